The van der Waals surface area contributed by atoms with Crippen LogP contribution in [0.4, 0.5) is 0 Å². The van der Waals surface area contributed by atoms with Crippen molar-refractivity contribution in [2.45, 2.75) is 0 Å². The summed E-state index contributed by atoms with van der Waals surface area (Å²) in [7, 11) is 0. The van der Waals surface area contributed by atoms with Gasteiger partial charge < -0.3 is 4.42 Å². The molecule has 7 rings (SSSR count). The number of hydrogen-bond donors (Lipinski definition) is 0. The van der Waals surface area contributed by atoms with E-state index in [0.29, 0.717) is 34.3 Å². The molecular weight excluding hydrogens is 466 g/mol. The smallest absolute Gasteiger partial charge is 0.164 e. The van der Waals surface area contributed by atoms with E-state index in [1.165, 1.54) is 0 Å². The average Bonchev–Trinajstić information content (AvgIpc) is 3.30. The number of hydrogen-bond acceptors (Lipinski definition) is 4. The topological polar surface area (TPSA) is 51.8 Å². The molecule has 0 amide bonds. The van der Waals surface area contributed by atoms with E-state index in [2.05, 4.69) is 42.5 Å². The fourth-order valence-electron chi connectivity index (χ4n) is 4.96. The zero-order valence-corrected chi connectivity index (χ0v) is 19.9. The number of rotatable bonds is 3. The lowest BCUT2D eigenvalue weighted by molar-refractivity contribution is 0.662. The van der Waals surface area contributed by atoms with Crippen LogP contribution in [0, 0.1) is 11.8 Å². The van der Waals surface area contributed by atoms with Crippen LogP contribution in [0.2, 0.25) is 5.02 Å². The average molecular weight is 486 g/mol. The van der Waals surface area contributed by atoms with Crippen molar-refractivity contribution < 1.29 is 4.42 Å². The third-order valence-electron chi connectivity index (χ3n) is 6.72. The van der Waals surface area contributed by atoms with Crippen molar-refractivity contribution in [1.82, 2.24) is 15.0 Å². The van der Waals surface area contributed by atoms with Crippen LogP contribution < -0.4 is 0 Å². The molecule has 0 N–H and O–H groups in total. The molecule has 0 spiro atoms. The highest BCUT2D eigenvalue weighted by Crippen LogP contribution is 2.38. The molecule has 2 unspecified atom stereocenters. The van der Waals surface area contributed by atoms with E-state index in [9.17, 15) is 0 Å². The van der Waals surface area contributed by atoms with Crippen molar-refractivity contribution in [3.8, 4) is 22.8 Å². The van der Waals surface area contributed by atoms with Gasteiger partial charge in [0, 0.05) is 50.4 Å². The number of nitrogens with zero attached hydrogens (tertiary/aromatic N) is 3. The minimum Gasteiger partial charge on any atom is -0.456 e. The molecular formula is C31H20ClN3O. The summed E-state index contributed by atoms with van der Waals surface area (Å²) >= 11 is 6.23. The Hall–Kier alpha value is -4.28. The second-order valence-corrected chi connectivity index (χ2v) is 9.44. The molecule has 5 heteroatoms. The molecule has 2 aromatic heterocycles. The molecule has 0 saturated heterocycles. The zero-order chi connectivity index (χ0) is 24.1. The highest BCUT2D eigenvalue weighted by molar-refractivity contribution is 6.31. The Balaban J connectivity index is 1.46. The van der Waals surface area contributed by atoms with Gasteiger partial charge in [-0.15, -0.1) is 0 Å². The maximum Gasteiger partial charge on any atom is 0.164 e. The molecule has 172 valence electrons. The third-order valence-corrected chi connectivity index (χ3v) is 6.95. The first-order valence-electron chi connectivity index (χ1n) is 11.9. The van der Waals surface area contributed by atoms with Crippen molar-refractivity contribution in [3.05, 3.63) is 120 Å². The Kier molecular flexibility index (Phi) is 4.93. The van der Waals surface area contributed by atoms with Crippen LogP contribution in [0.5, 0.6) is 0 Å². The van der Waals surface area contributed by atoms with Gasteiger partial charge in [0.05, 0.1) is 0 Å². The quantitative estimate of drug-likeness (QED) is 0.259. The monoisotopic (exact) mass is 485 g/mol. The summed E-state index contributed by atoms with van der Waals surface area (Å²) in [5.41, 5.74) is 4.34. The largest absolute Gasteiger partial charge is 0.456 e. The van der Waals surface area contributed by atoms with E-state index < -0.39 is 0 Å². The lowest BCUT2D eigenvalue weighted by Gasteiger charge is -2.22. The Labute approximate surface area is 213 Å². The van der Waals surface area contributed by atoms with Crippen molar-refractivity contribution in [3.63, 3.8) is 0 Å². The fourth-order valence-corrected chi connectivity index (χ4v) is 5.12. The molecule has 0 bridgehead atoms. The summed E-state index contributed by atoms with van der Waals surface area (Å²) < 4.78 is 6.12. The maximum atomic E-state index is 6.23. The SMILES string of the molecule is Clc1ccc2c(c1)oc1cccc(-c3nc(C4=CC5C=CC=CC5C=C4)nc(-c4ccccc4)n3)c12. The first-order chi connectivity index (χ1) is 17.7. The minimum atomic E-state index is 0.293. The van der Waals surface area contributed by atoms with Crippen molar-refractivity contribution in [2.24, 2.45) is 11.8 Å². The van der Waals surface area contributed by atoms with E-state index >= 15 is 0 Å². The second-order valence-electron chi connectivity index (χ2n) is 9.00. The van der Waals surface area contributed by atoms with Gasteiger partial charge in [0.2, 0.25) is 0 Å². The van der Waals surface area contributed by atoms with E-state index in [1.807, 2.05) is 66.7 Å². The third kappa shape index (κ3) is 3.58. The normalized spacial score (nSPS) is 18.5. The van der Waals surface area contributed by atoms with Crippen LogP contribution in [-0.4, -0.2) is 15.0 Å². The summed E-state index contributed by atoms with van der Waals surface area (Å²) in [6.45, 7) is 0. The van der Waals surface area contributed by atoms with E-state index in [1.54, 1.807) is 0 Å². The van der Waals surface area contributed by atoms with Gasteiger partial charge in [-0.2, -0.15) is 0 Å². The molecule has 4 nitrogen and oxygen atoms in total. The number of allylic oxidation sites excluding steroid dienone is 8. The number of benzene rings is 3. The maximum absolute atomic E-state index is 6.23. The predicted octanol–water partition coefficient (Wildman–Crippen LogP) is 8.07. The van der Waals surface area contributed by atoms with Crippen LogP contribution in [0.1, 0.15) is 5.82 Å². The van der Waals surface area contributed by atoms with Gasteiger partial charge in [0.1, 0.15) is 11.2 Å². The number of furan rings is 1. The lowest BCUT2D eigenvalue weighted by Crippen LogP contribution is -2.12. The van der Waals surface area contributed by atoms with Gasteiger partial charge >= 0.3 is 0 Å². The summed E-state index contributed by atoms with van der Waals surface area (Å²) in [4.78, 5) is 14.8. The molecule has 2 atom stereocenters. The van der Waals surface area contributed by atoms with E-state index in [4.69, 9.17) is 31.0 Å². The number of fused-ring (bicyclic) bond motifs is 4. The molecule has 0 fully saturated rings. The highest BCUT2D eigenvalue weighted by Gasteiger charge is 2.22. The molecule has 3 aromatic carbocycles. The first-order valence-corrected chi connectivity index (χ1v) is 12.3. The van der Waals surface area contributed by atoms with Gasteiger partial charge in [0.25, 0.3) is 0 Å². The lowest BCUT2D eigenvalue weighted by atomic mass is 9.83. The van der Waals surface area contributed by atoms with Gasteiger partial charge in [0.15, 0.2) is 17.5 Å². The van der Waals surface area contributed by atoms with E-state index in [-0.39, 0.29) is 0 Å². The molecule has 36 heavy (non-hydrogen) atoms. The predicted molar refractivity (Wildman–Crippen MR) is 145 cm³/mol. The van der Waals surface area contributed by atoms with Gasteiger partial charge in [-0.05, 0) is 18.2 Å². The fraction of sp³-hybridized carbons (Fsp3) is 0.0645. The van der Waals surface area contributed by atoms with Crippen LogP contribution >= 0.6 is 11.6 Å². The van der Waals surface area contributed by atoms with Crippen LogP contribution in [0.25, 0.3) is 50.3 Å². The Morgan fingerprint density at radius 3 is 2.39 bits per heavy atom. The second kappa shape index (κ2) is 8.43. The van der Waals surface area contributed by atoms with E-state index in [0.717, 1.165) is 38.6 Å². The summed E-state index contributed by atoms with van der Waals surface area (Å²) in [6.07, 6.45) is 15.2. The minimum absolute atomic E-state index is 0.293. The zero-order valence-electron chi connectivity index (χ0n) is 19.2. The summed E-state index contributed by atoms with van der Waals surface area (Å²) in [5.74, 6) is 2.56. The number of aromatic nitrogens is 3. The van der Waals surface area contributed by atoms with Crippen LogP contribution in [0.3, 0.4) is 0 Å². The van der Waals surface area contributed by atoms with Crippen LogP contribution in [0.15, 0.2) is 114 Å². The van der Waals surface area contributed by atoms with Crippen LogP contribution in [-0.2, 0) is 0 Å². The summed E-state index contributed by atoms with van der Waals surface area (Å²) in [5, 5.41) is 2.58. The molecule has 2 heterocycles. The van der Waals surface area contributed by atoms with Crippen molar-refractivity contribution in [1.29, 1.82) is 0 Å². The molecule has 2 aliphatic rings. The van der Waals surface area contributed by atoms with Crippen molar-refractivity contribution in [2.75, 3.05) is 0 Å². The summed E-state index contributed by atoms with van der Waals surface area (Å²) in [6, 6.07) is 21.7. The Morgan fingerprint density at radius 2 is 1.50 bits per heavy atom. The molecule has 2 aliphatic carbocycles. The van der Waals surface area contributed by atoms with Crippen molar-refractivity contribution >= 4 is 39.1 Å². The van der Waals surface area contributed by atoms with Gasteiger partial charge in [-0.1, -0.05) is 96.6 Å². The first kappa shape index (κ1) is 21.0. The molecule has 5 aromatic rings. The van der Waals surface area contributed by atoms with Gasteiger partial charge in [-0.3, -0.25) is 0 Å². The standard InChI is InChI=1S/C31H20ClN3O/c32-23-15-16-24-27(18-23)36-26-12-6-11-25(28(24)26)31-34-29(20-8-2-1-3-9-20)33-30(35-31)22-14-13-19-7-4-5-10-21(19)17-22/h1-19,21H. The molecule has 0 aliphatic heterocycles. The highest BCUT2D eigenvalue weighted by atomic mass is 35.5. The number of halogens is 1. The molecule has 0 saturated carbocycles. The Morgan fingerprint density at radius 1 is 0.694 bits per heavy atom. The van der Waals surface area contributed by atoms with Gasteiger partial charge in [-0.25, -0.2) is 15.0 Å². The Bertz CT molecular complexity index is 1760. The molecule has 0 radical (unpaired) electrons.